The van der Waals surface area contributed by atoms with E-state index in [2.05, 4.69) is 18.3 Å². The van der Waals surface area contributed by atoms with E-state index in [9.17, 15) is 4.79 Å². The third-order valence-corrected chi connectivity index (χ3v) is 4.51. The van der Waals surface area contributed by atoms with Gasteiger partial charge in [-0.05, 0) is 33.3 Å². The molecule has 0 spiro atoms. The number of fused-ring (bicyclic) bond motifs is 1. The lowest BCUT2D eigenvalue weighted by atomic mass is 10.1. The minimum Gasteiger partial charge on any atom is -0.461 e. The topological polar surface area (TPSA) is 54.7 Å². The number of amides is 1. The number of nitrogens with one attached hydrogen (secondary N) is 1. The van der Waals surface area contributed by atoms with Gasteiger partial charge in [0.15, 0.2) is 0 Å². The van der Waals surface area contributed by atoms with Gasteiger partial charge in [0.05, 0.1) is 0 Å². The molecule has 0 aliphatic carbocycles. The highest BCUT2D eigenvalue weighted by Crippen LogP contribution is 2.26. The summed E-state index contributed by atoms with van der Waals surface area (Å²) in [4.78, 5) is 14.0. The molecule has 2 aromatic rings. The maximum absolute atomic E-state index is 12.2. The van der Waals surface area contributed by atoms with Gasteiger partial charge in [-0.15, -0.1) is 0 Å². The molecule has 1 aromatic carbocycles. The highest BCUT2D eigenvalue weighted by Gasteiger charge is 2.29. The van der Waals surface area contributed by atoms with Crippen LogP contribution in [0.15, 0.2) is 28.7 Å². The first-order chi connectivity index (χ1) is 11.9. The Morgan fingerprint density at radius 2 is 2.12 bits per heavy atom. The molecular weight excluding hydrogens is 316 g/mol. The van der Waals surface area contributed by atoms with Gasteiger partial charge < -0.3 is 19.4 Å². The fourth-order valence-electron chi connectivity index (χ4n) is 3.29. The maximum atomic E-state index is 12.2. The van der Waals surface area contributed by atoms with E-state index in [1.165, 1.54) is 10.9 Å². The third kappa shape index (κ3) is 4.15. The van der Waals surface area contributed by atoms with Crippen LogP contribution in [0.2, 0.25) is 0 Å². The van der Waals surface area contributed by atoms with Crippen LogP contribution in [0.25, 0.3) is 11.0 Å². The fraction of sp³-hybridized carbons (Fsp3) is 0.550. The molecule has 0 radical (unpaired) electrons. The monoisotopic (exact) mass is 344 g/mol. The van der Waals surface area contributed by atoms with E-state index in [1.807, 2.05) is 39.0 Å². The molecule has 3 rings (SSSR count). The molecular formula is C20H28N2O3. The van der Waals surface area contributed by atoms with E-state index in [0.29, 0.717) is 6.54 Å². The maximum Gasteiger partial charge on any atom is 0.410 e. The predicted molar refractivity (Wildman–Crippen MR) is 98.6 cm³/mol. The van der Waals surface area contributed by atoms with Gasteiger partial charge in [-0.1, -0.05) is 25.1 Å². The van der Waals surface area contributed by atoms with E-state index in [4.69, 9.17) is 9.15 Å². The summed E-state index contributed by atoms with van der Waals surface area (Å²) in [5.74, 6) is 1.04. The van der Waals surface area contributed by atoms with E-state index in [1.54, 1.807) is 4.90 Å². The minimum atomic E-state index is -0.450. The first-order valence-corrected chi connectivity index (χ1v) is 9.08. The molecule has 1 atom stereocenters. The van der Waals surface area contributed by atoms with Crippen molar-refractivity contribution in [2.75, 3.05) is 13.1 Å². The van der Waals surface area contributed by atoms with Gasteiger partial charge in [0, 0.05) is 43.0 Å². The van der Waals surface area contributed by atoms with Gasteiger partial charge in [0.2, 0.25) is 0 Å². The van der Waals surface area contributed by atoms with Crippen LogP contribution in [0.3, 0.4) is 0 Å². The Balaban J connectivity index is 1.61. The lowest BCUT2D eigenvalue weighted by molar-refractivity contribution is 0.0291. The molecule has 1 amide bonds. The van der Waals surface area contributed by atoms with Gasteiger partial charge in [-0.25, -0.2) is 4.79 Å². The molecule has 5 nitrogen and oxygen atoms in total. The van der Waals surface area contributed by atoms with Crippen molar-refractivity contribution in [3.05, 3.63) is 35.6 Å². The molecule has 25 heavy (non-hydrogen) atoms. The molecule has 5 heteroatoms. The van der Waals surface area contributed by atoms with Crippen molar-refractivity contribution in [3.8, 4) is 0 Å². The van der Waals surface area contributed by atoms with E-state index >= 15 is 0 Å². The second-order valence-corrected chi connectivity index (χ2v) is 7.65. The average Bonchev–Trinajstić information content (AvgIpc) is 3.15. The van der Waals surface area contributed by atoms with Crippen LogP contribution >= 0.6 is 0 Å². The quantitative estimate of drug-likeness (QED) is 0.907. The van der Waals surface area contributed by atoms with Crippen molar-refractivity contribution in [1.82, 2.24) is 10.2 Å². The fourth-order valence-corrected chi connectivity index (χ4v) is 3.29. The second-order valence-electron chi connectivity index (χ2n) is 7.65. The highest BCUT2D eigenvalue weighted by atomic mass is 16.6. The number of carbonyl (C=O) groups is 1. The molecule has 2 heterocycles. The van der Waals surface area contributed by atoms with Crippen LogP contribution in [0, 0.1) is 0 Å². The number of carbonyl (C=O) groups excluding carboxylic acids is 1. The lowest BCUT2D eigenvalue weighted by Crippen LogP contribution is -2.38. The van der Waals surface area contributed by atoms with Crippen LogP contribution in [0.5, 0.6) is 0 Å². The van der Waals surface area contributed by atoms with Crippen molar-refractivity contribution in [3.63, 3.8) is 0 Å². The molecule has 1 saturated heterocycles. The Hall–Kier alpha value is -2.01. The first-order valence-electron chi connectivity index (χ1n) is 9.08. The van der Waals surface area contributed by atoms with Crippen LogP contribution in [-0.4, -0.2) is 35.7 Å². The average molecular weight is 344 g/mol. The zero-order valence-electron chi connectivity index (χ0n) is 15.6. The molecule has 0 bridgehead atoms. The Labute approximate surface area is 149 Å². The standard InChI is InChI=1S/C20H28N2O3/c1-5-17-16(15-8-6-7-9-18(15)24-17)12-21-14-10-11-22(13-14)19(23)25-20(2,3)4/h6-9,14,21H,5,10-13H2,1-4H3. The van der Waals surface area contributed by atoms with Gasteiger partial charge in [0.1, 0.15) is 16.9 Å². The summed E-state index contributed by atoms with van der Waals surface area (Å²) in [6, 6.07) is 8.44. The molecule has 1 aliphatic rings. The normalized spacial score (nSPS) is 18.1. The summed E-state index contributed by atoms with van der Waals surface area (Å²) in [5, 5.41) is 4.76. The number of ether oxygens (including phenoxy) is 1. The van der Waals surface area contributed by atoms with Crippen molar-refractivity contribution in [2.24, 2.45) is 0 Å². The highest BCUT2D eigenvalue weighted by molar-refractivity contribution is 5.82. The summed E-state index contributed by atoms with van der Waals surface area (Å²) in [7, 11) is 0. The van der Waals surface area contributed by atoms with Crippen LogP contribution < -0.4 is 5.32 Å². The summed E-state index contributed by atoms with van der Waals surface area (Å²) >= 11 is 0. The Kier molecular flexibility index (Phi) is 5.04. The molecule has 1 N–H and O–H groups in total. The molecule has 136 valence electrons. The predicted octanol–water partition coefficient (Wildman–Crippen LogP) is 4.09. The molecule has 0 saturated carbocycles. The van der Waals surface area contributed by atoms with Crippen LogP contribution in [0.1, 0.15) is 45.4 Å². The number of likely N-dealkylation sites (tertiary alicyclic amines) is 1. The van der Waals surface area contributed by atoms with E-state index in [0.717, 1.165) is 37.3 Å². The van der Waals surface area contributed by atoms with Crippen molar-refractivity contribution >= 4 is 17.1 Å². The Bertz CT molecular complexity index is 745. The summed E-state index contributed by atoms with van der Waals surface area (Å²) in [5.41, 5.74) is 1.72. The second kappa shape index (κ2) is 7.08. The van der Waals surface area contributed by atoms with Crippen molar-refractivity contribution < 1.29 is 13.9 Å². The molecule has 1 aromatic heterocycles. The molecule has 1 fully saturated rings. The number of para-hydroxylation sites is 1. The van der Waals surface area contributed by atoms with Crippen LogP contribution in [0.4, 0.5) is 4.79 Å². The van der Waals surface area contributed by atoms with Crippen molar-refractivity contribution in [2.45, 2.75) is 58.7 Å². The largest absolute Gasteiger partial charge is 0.461 e. The number of benzene rings is 1. The lowest BCUT2D eigenvalue weighted by Gasteiger charge is -2.24. The number of aryl methyl sites for hydroxylation is 1. The van der Waals surface area contributed by atoms with Gasteiger partial charge in [0.25, 0.3) is 0 Å². The van der Waals surface area contributed by atoms with Gasteiger partial charge in [-0.3, -0.25) is 0 Å². The SMILES string of the molecule is CCc1oc2ccccc2c1CNC1CCN(C(=O)OC(C)(C)C)C1. The number of furan rings is 1. The Morgan fingerprint density at radius 1 is 1.36 bits per heavy atom. The van der Waals surface area contributed by atoms with Crippen LogP contribution in [-0.2, 0) is 17.7 Å². The summed E-state index contributed by atoms with van der Waals surface area (Å²) < 4.78 is 11.4. The first kappa shape index (κ1) is 17.8. The zero-order chi connectivity index (χ0) is 18.0. The molecule has 1 unspecified atom stereocenters. The molecule has 1 aliphatic heterocycles. The Morgan fingerprint density at radius 3 is 2.84 bits per heavy atom. The summed E-state index contributed by atoms with van der Waals surface area (Å²) in [6.07, 6.45) is 1.59. The van der Waals surface area contributed by atoms with Gasteiger partial charge >= 0.3 is 6.09 Å². The third-order valence-electron chi connectivity index (χ3n) is 4.51. The van der Waals surface area contributed by atoms with Gasteiger partial charge in [-0.2, -0.15) is 0 Å². The number of hydrogen-bond donors (Lipinski definition) is 1. The van der Waals surface area contributed by atoms with E-state index in [-0.39, 0.29) is 12.1 Å². The smallest absolute Gasteiger partial charge is 0.410 e. The summed E-state index contributed by atoms with van der Waals surface area (Å²) in [6.45, 7) is 9.98. The van der Waals surface area contributed by atoms with Crippen molar-refractivity contribution in [1.29, 1.82) is 0 Å². The number of hydrogen-bond acceptors (Lipinski definition) is 4. The zero-order valence-corrected chi connectivity index (χ0v) is 15.6. The minimum absolute atomic E-state index is 0.222. The number of nitrogens with zero attached hydrogens (tertiary/aromatic N) is 1. The number of rotatable bonds is 4. The van der Waals surface area contributed by atoms with E-state index < -0.39 is 5.60 Å².